The third-order valence-electron chi connectivity index (χ3n) is 13.0. The van der Waals surface area contributed by atoms with E-state index >= 15 is 0 Å². The van der Waals surface area contributed by atoms with E-state index in [-0.39, 0.29) is 35.9 Å². The van der Waals surface area contributed by atoms with E-state index in [2.05, 4.69) is 78.3 Å². The lowest BCUT2D eigenvalue weighted by molar-refractivity contribution is -0.135. The van der Waals surface area contributed by atoms with Crippen LogP contribution in [0.3, 0.4) is 0 Å². The molecule has 3 aliphatic heterocycles. The molecule has 6 rings (SSSR count). The first-order valence-electron chi connectivity index (χ1n) is 24.7. The number of rotatable bonds is 18. The van der Waals surface area contributed by atoms with E-state index < -0.39 is 33.9 Å². The van der Waals surface area contributed by atoms with Gasteiger partial charge in [0.2, 0.25) is 5.91 Å². The summed E-state index contributed by atoms with van der Waals surface area (Å²) in [6, 6.07) is 11.3. The lowest BCUT2D eigenvalue weighted by Crippen LogP contribution is -2.51. The van der Waals surface area contributed by atoms with Crippen molar-refractivity contribution in [2.45, 2.75) is 149 Å². The van der Waals surface area contributed by atoms with Gasteiger partial charge in [0, 0.05) is 86.2 Å². The number of hydrogen-bond donors (Lipinski definition) is 1. The summed E-state index contributed by atoms with van der Waals surface area (Å²) in [6.07, 6.45) is 6.04. The second kappa shape index (κ2) is 22.4. The van der Waals surface area contributed by atoms with Gasteiger partial charge in [0.05, 0.1) is 36.6 Å². The molecule has 4 amide bonds. The number of nitrogens with one attached hydrogen (secondary N) is 1. The van der Waals surface area contributed by atoms with E-state index in [1.165, 1.54) is 7.11 Å². The standard InChI is InChI=1S/C50H80N8O8Si2/c1-36(2)44(52-48(61)63-6)47(60)56-21-14-16-41(56)45-51-32-43(58(45)35-65-28-30-68(10,11)12)37-17-19-39(20-18-37)53-23-25-54(26-24-53)46(59)38-31-42(55(33-38)34-64-27-29-67(7,8)9)40-15-13-22-57(40)49(62)66-50(3,4)5/h17-20,31-33,36,40-41,44H,13-16,21-30,34-35H2,1-12H3,(H,52,61)/t40-,41-,44-/m0/s1. The smallest absolute Gasteiger partial charge is 0.410 e. The van der Waals surface area contributed by atoms with E-state index in [9.17, 15) is 19.2 Å². The van der Waals surface area contributed by atoms with Gasteiger partial charge in [0.15, 0.2) is 0 Å². The number of hydrogen-bond acceptors (Lipinski definition) is 10. The van der Waals surface area contributed by atoms with Crippen LogP contribution in [0.15, 0.2) is 42.7 Å². The van der Waals surface area contributed by atoms with Gasteiger partial charge in [-0.05, 0) is 88.2 Å². The minimum absolute atomic E-state index is 0.0259. The highest BCUT2D eigenvalue weighted by Crippen LogP contribution is 2.37. The SMILES string of the molecule is COC(=O)N[C@H](C(=O)N1CCC[C@H]1c1ncc(-c2ccc(N3CCN(C(=O)c4cc([C@@H]5CCCN5C(=O)OC(C)(C)C)n(COCC[Si](C)(C)C)c4)CC3)cc2)n1COCC[Si](C)(C)C)C(C)C. The molecule has 16 nitrogen and oxygen atoms in total. The molecule has 1 N–H and O–H groups in total. The molecule has 0 unspecified atom stereocenters. The summed E-state index contributed by atoms with van der Waals surface area (Å²) in [7, 11) is -1.33. The Morgan fingerprint density at radius 1 is 0.809 bits per heavy atom. The third-order valence-corrected chi connectivity index (χ3v) is 16.5. The summed E-state index contributed by atoms with van der Waals surface area (Å²) in [5.74, 6) is 0.459. The number of imidazole rings is 1. The zero-order valence-corrected chi connectivity index (χ0v) is 45.1. The summed E-state index contributed by atoms with van der Waals surface area (Å²) in [6.45, 7) is 29.0. The van der Waals surface area contributed by atoms with Crippen molar-refractivity contribution in [1.29, 1.82) is 0 Å². The maximum Gasteiger partial charge on any atom is 0.410 e. The van der Waals surface area contributed by atoms with Crippen molar-refractivity contribution >= 4 is 45.8 Å². The van der Waals surface area contributed by atoms with Crippen LogP contribution in [-0.2, 0) is 37.2 Å². The quantitative estimate of drug-likeness (QED) is 0.0966. The van der Waals surface area contributed by atoms with Crippen LogP contribution in [0.25, 0.3) is 11.3 Å². The van der Waals surface area contributed by atoms with Crippen molar-refractivity contribution in [3.8, 4) is 11.3 Å². The Balaban J connectivity index is 1.16. The first kappa shape index (κ1) is 52.7. The largest absolute Gasteiger partial charge is 0.453 e. The molecule has 0 bridgehead atoms. The molecule has 5 heterocycles. The summed E-state index contributed by atoms with van der Waals surface area (Å²) >= 11 is 0. The van der Waals surface area contributed by atoms with Gasteiger partial charge in [0.1, 0.15) is 30.9 Å². The predicted molar refractivity (Wildman–Crippen MR) is 271 cm³/mol. The van der Waals surface area contributed by atoms with Gasteiger partial charge in [-0.3, -0.25) is 14.5 Å². The number of likely N-dealkylation sites (tertiary alicyclic amines) is 2. The van der Waals surface area contributed by atoms with E-state index in [0.717, 1.165) is 66.2 Å². The van der Waals surface area contributed by atoms with Gasteiger partial charge in [-0.25, -0.2) is 14.6 Å². The molecule has 0 spiro atoms. The van der Waals surface area contributed by atoms with Gasteiger partial charge < -0.3 is 48.1 Å². The van der Waals surface area contributed by atoms with Crippen molar-refractivity contribution in [2.75, 3.05) is 64.5 Å². The average Bonchev–Trinajstić information content (AvgIpc) is 4.10. The molecule has 3 aromatic rings. The molecule has 3 saturated heterocycles. The number of piperazine rings is 1. The fraction of sp³-hybridized carbons (Fsp3) is 0.660. The molecule has 3 fully saturated rings. The Bertz CT molecular complexity index is 2180. The number of carbonyl (C=O) groups is 4. The fourth-order valence-corrected chi connectivity index (χ4v) is 10.6. The number of benzene rings is 1. The molecular weight excluding hydrogens is 897 g/mol. The Morgan fingerprint density at radius 2 is 1.41 bits per heavy atom. The number of ether oxygens (including phenoxy) is 4. The van der Waals surface area contributed by atoms with Crippen LogP contribution in [0, 0.1) is 5.92 Å². The molecule has 1 aromatic carbocycles. The topological polar surface area (TPSA) is 153 Å². The van der Waals surface area contributed by atoms with Crippen molar-refractivity contribution in [1.82, 2.24) is 34.1 Å². The van der Waals surface area contributed by atoms with Crippen molar-refractivity contribution in [2.24, 2.45) is 5.92 Å². The number of aromatic nitrogens is 3. The number of carbonyl (C=O) groups excluding carboxylic acids is 4. The lowest BCUT2D eigenvalue weighted by atomic mass is 10.0. The maximum absolute atomic E-state index is 14.2. The van der Waals surface area contributed by atoms with Gasteiger partial charge in [-0.2, -0.15) is 0 Å². The summed E-state index contributed by atoms with van der Waals surface area (Å²) in [5, 5.41) is 2.75. The van der Waals surface area contributed by atoms with Gasteiger partial charge in [0.25, 0.3) is 5.91 Å². The first-order valence-corrected chi connectivity index (χ1v) is 32.1. The van der Waals surface area contributed by atoms with Crippen LogP contribution in [0.1, 0.15) is 94.3 Å². The number of amides is 4. The maximum atomic E-state index is 14.2. The zero-order valence-electron chi connectivity index (χ0n) is 43.1. The van der Waals surface area contributed by atoms with E-state index in [0.29, 0.717) is 71.5 Å². The fourth-order valence-electron chi connectivity index (χ4n) is 9.12. The highest BCUT2D eigenvalue weighted by Gasteiger charge is 2.39. The predicted octanol–water partition coefficient (Wildman–Crippen LogP) is 9.05. The summed E-state index contributed by atoms with van der Waals surface area (Å²) < 4.78 is 27.3. The molecule has 3 atom stereocenters. The van der Waals surface area contributed by atoms with Crippen molar-refractivity contribution in [3.63, 3.8) is 0 Å². The first-order chi connectivity index (χ1) is 32.0. The van der Waals surface area contributed by atoms with Gasteiger partial charge in [-0.15, -0.1) is 0 Å². The lowest BCUT2D eigenvalue weighted by Gasteiger charge is -2.36. The van der Waals surface area contributed by atoms with E-state index in [1.807, 2.05) is 67.4 Å². The van der Waals surface area contributed by atoms with Gasteiger partial charge >= 0.3 is 12.2 Å². The number of nitrogens with zero attached hydrogens (tertiary/aromatic N) is 7. The Hall–Kier alpha value is -4.66. The average molecular weight is 977 g/mol. The normalized spacial score (nSPS) is 18.7. The van der Waals surface area contributed by atoms with Gasteiger partial charge in [-0.1, -0.05) is 65.3 Å². The summed E-state index contributed by atoms with van der Waals surface area (Å²) in [4.78, 5) is 66.7. The van der Waals surface area contributed by atoms with Crippen molar-refractivity contribution in [3.05, 3.63) is 59.8 Å². The zero-order chi connectivity index (χ0) is 49.6. The van der Waals surface area contributed by atoms with E-state index in [4.69, 9.17) is 23.9 Å². The molecule has 18 heteroatoms. The Kier molecular flexibility index (Phi) is 17.4. The second-order valence-corrected chi connectivity index (χ2v) is 33.7. The number of alkyl carbamates (subject to hydrolysis) is 1. The monoisotopic (exact) mass is 977 g/mol. The van der Waals surface area contributed by atoms with Crippen LogP contribution >= 0.6 is 0 Å². The molecule has 0 saturated carbocycles. The molecule has 3 aliphatic rings. The van der Waals surface area contributed by atoms with Crippen LogP contribution in [0.4, 0.5) is 15.3 Å². The minimum atomic E-state index is -1.34. The molecule has 376 valence electrons. The van der Waals surface area contributed by atoms with Crippen molar-refractivity contribution < 1.29 is 38.1 Å². The van der Waals surface area contributed by atoms with Crippen LogP contribution in [-0.4, -0.2) is 140 Å². The van der Waals surface area contributed by atoms with E-state index in [1.54, 1.807) is 4.90 Å². The molecule has 68 heavy (non-hydrogen) atoms. The van der Waals surface area contributed by atoms with Crippen LogP contribution < -0.4 is 10.2 Å². The second-order valence-electron chi connectivity index (χ2n) is 22.5. The minimum Gasteiger partial charge on any atom is -0.453 e. The molecule has 2 aromatic heterocycles. The van der Waals surface area contributed by atoms with Crippen LogP contribution in [0.5, 0.6) is 0 Å². The Morgan fingerprint density at radius 3 is 2.00 bits per heavy atom. The number of methoxy groups -OCH3 is 1. The molecule has 0 radical (unpaired) electrons. The molecular formula is C50H80N8O8Si2. The Labute approximate surface area is 407 Å². The molecule has 0 aliphatic carbocycles. The van der Waals surface area contributed by atoms with Crippen LogP contribution in [0.2, 0.25) is 51.4 Å². The highest BCUT2D eigenvalue weighted by molar-refractivity contribution is 6.76. The number of anilines is 1. The third kappa shape index (κ3) is 13.8. The highest BCUT2D eigenvalue weighted by atomic mass is 28.3. The summed E-state index contributed by atoms with van der Waals surface area (Å²) in [5.41, 5.74) is 3.84.